The van der Waals surface area contributed by atoms with Crippen molar-refractivity contribution in [3.63, 3.8) is 0 Å². The summed E-state index contributed by atoms with van der Waals surface area (Å²) in [6.45, 7) is 7.05. The predicted octanol–water partition coefficient (Wildman–Crippen LogP) is 3.68. The number of halogens is 1. The molecule has 0 fully saturated rings. The molecule has 0 aliphatic rings. The Labute approximate surface area is 81.1 Å². The first-order chi connectivity index (χ1) is 6.08. The van der Waals surface area contributed by atoms with Crippen LogP contribution >= 0.6 is 7.60 Å². The summed E-state index contributed by atoms with van der Waals surface area (Å²) in [4.78, 5) is 0. The van der Waals surface area contributed by atoms with Gasteiger partial charge in [0.1, 0.15) is 0 Å². The third kappa shape index (κ3) is 4.78. The van der Waals surface area contributed by atoms with Gasteiger partial charge in [-0.15, -0.1) is 0 Å². The molecule has 0 rings (SSSR count). The summed E-state index contributed by atoms with van der Waals surface area (Å²) in [5.41, 5.74) is 0. The van der Waals surface area contributed by atoms with Gasteiger partial charge in [0, 0.05) is 19.3 Å². The zero-order valence-corrected chi connectivity index (χ0v) is 9.82. The van der Waals surface area contributed by atoms with E-state index in [-0.39, 0.29) is 6.16 Å². The number of nitrogens with zero attached hydrogens (tertiary/aromatic N) is 1. The van der Waals surface area contributed by atoms with Crippen molar-refractivity contribution in [2.75, 3.05) is 19.3 Å². The Bertz CT molecular complexity index is 169. The van der Waals surface area contributed by atoms with E-state index >= 15 is 0 Å². The Hall–Kier alpha value is 0.120. The molecule has 0 N–H and O–H groups in total. The first-order valence-corrected chi connectivity index (χ1v) is 6.86. The van der Waals surface area contributed by atoms with Crippen LogP contribution in [0.4, 0.5) is 4.20 Å². The lowest BCUT2D eigenvalue weighted by Gasteiger charge is -2.24. The summed E-state index contributed by atoms with van der Waals surface area (Å²) in [5, 5.41) is 0. The van der Waals surface area contributed by atoms with E-state index in [1.165, 1.54) is 4.67 Å². The Morgan fingerprint density at radius 1 is 1.08 bits per heavy atom. The maximum Gasteiger partial charge on any atom is 0.310 e. The number of hydrogen-bond donors (Lipinski definition) is 0. The molecule has 0 aromatic carbocycles. The van der Waals surface area contributed by atoms with Crippen molar-refractivity contribution in [1.29, 1.82) is 0 Å². The second-order valence-corrected chi connectivity index (χ2v) is 5.54. The van der Waals surface area contributed by atoms with E-state index in [4.69, 9.17) is 0 Å². The lowest BCUT2D eigenvalue weighted by molar-refractivity contribution is 0.378. The molecular weight excluding hydrogens is 188 g/mol. The van der Waals surface area contributed by atoms with Gasteiger partial charge in [0.25, 0.3) is 0 Å². The van der Waals surface area contributed by atoms with Crippen LogP contribution in [0.1, 0.15) is 40.0 Å². The highest BCUT2D eigenvalue weighted by atomic mass is 31.2. The largest absolute Gasteiger partial charge is 0.310 e. The van der Waals surface area contributed by atoms with Crippen LogP contribution in [0.25, 0.3) is 0 Å². The van der Waals surface area contributed by atoms with Crippen LogP contribution in [-0.2, 0) is 4.57 Å². The first-order valence-electron chi connectivity index (χ1n) is 5.12. The molecule has 4 heteroatoms. The fraction of sp³-hybridized carbons (Fsp3) is 1.00. The summed E-state index contributed by atoms with van der Waals surface area (Å²) in [6, 6.07) is 0. The maximum absolute atomic E-state index is 13.6. The fourth-order valence-electron chi connectivity index (χ4n) is 1.34. The summed E-state index contributed by atoms with van der Waals surface area (Å²) in [5.74, 6) is 0. The molecule has 0 amide bonds. The second-order valence-electron chi connectivity index (χ2n) is 3.29. The molecule has 0 saturated heterocycles. The van der Waals surface area contributed by atoms with Crippen LogP contribution in [0.2, 0.25) is 0 Å². The quantitative estimate of drug-likeness (QED) is 0.596. The molecule has 2 nitrogen and oxygen atoms in total. The van der Waals surface area contributed by atoms with Crippen LogP contribution in [0.3, 0.4) is 0 Å². The molecule has 0 bridgehead atoms. The third-order valence-electron chi connectivity index (χ3n) is 1.89. The van der Waals surface area contributed by atoms with Gasteiger partial charge in [0.05, 0.1) is 0 Å². The van der Waals surface area contributed by atoms with Gasteiger partial charge in [0.15, 0.2) is 0 Å². The van der Waals surface area contributed by atoms with Crippen LogP contribution in [0.15, 0.2) is 0 Å². The average molecular weight is 209 g/mol. The molecule has 0 aromatic heterocycles. The average Bonchev–Trinajstić information content (AvgIpc) is 2.04. The minimum absolute atomic E-state index is 0.201. The van der Waals surface area contributed by atoms with Crippen molar-refractivity contribution in [3.05, 3.63) is 0 Å². The molecule has 1 unspecified atom stereocenters. The van der Waals surface area contributed by atoms with Crippen LogP contribution in [0.5, 0.6) is 0 Å². The SMILES string of the molecule is CCCN(CCC)P(=O)(F)CCC. The monoisotopic (exact) mass is 209 g/mol. The minimum atomic E-state index is -3.50. The van der Waals surface area contributed by atoms with E-state index in [1.807, 2.05) is 20.8 Å². The highest BCUT2D eigenvalue weighted by Gasteiger charge is 2.27. The molecule has 0 aliphatic heterocycles. The highest BCUT2D eigenvalue weighted by molar-refractivity contribution is 7.56. The summed E-state index contributed by atoms with van der Waals surface area (Å²) < 4.78 is 26.7. The molecular formula is C9H21FNOP. The van der Waals surface area contributed by atoms with Crippen molar-refractivity contribution in [2.24, 2.45) is 0 Å². The standard InChI is InChI=1S/C9H21FNOP/c1-4-7-11(8-5-2)13(10,12)9-6-3/h4-9H2,1-3H3. The molecule has 80 valence electrons. The Kier molecular flexibility index (Phi) is 6.62. The summed E-state index contributed by atoms with van der Waals surface area (Å²) >= 11 is 0. The minimum Gasteiger partial charge on any atom is -0.270 e. The van der Waals surface area contributed by atoms with E-state index in [1.54, 1.807) is 0 Å². The molecule has 0 aliphatic carbocycles. The summed E-state index contributed by atoms with van der Waals surface area (Å²) in [6.07, 6.45) is 2.57. The maximum atomic E-state index is 13.6. The van der Waals surface area contributed by atoms with E-state index in [0.29, 0.717) is 19.5 Å². The van der Waals surface area contributed by atoms with Crippen LogP contribution < -0.4 is 0 Å². The smallest absolute Gasteiger partial charge is 0.270 e. The van der Waals surface area contributed by atoms with Gasteiger partial charge in [-0.2, -0.15) is 4.20 Å². The molecule has 0 saturated carbocycles. The zero-order chi connectivity index (χ0) is 10.3. The van der Waals surface area contributed by atoms with Crippen LogP contribution in [-0.4, -0.2) is 23.9 Å². The summed E-state index contributed by atoms with van der Waals surface area (Å²) in [7, 11) is -3.50. The lowest BCUT2D eigenvalue weighted by Crippen LogP contribution is -2.21. The van der Waals surface area contributed by atoms with Crippen molar-refractivity contribution in [2.45, 2.75) is 40.0 Å². The van der Waals surface area contributed by atoms with E-state index < -0.39 is 7.60 Å². The Morgan fingerprint density at radius 3 is 1.85 bits per heavy atom. The Morgan fingerprint density at radius 2 is 1.54 bits per heavy atom. The fourth-order valence-corrected chi connectivity index (χ4v) is 3.18. The molecule has 0 aromatic rings. The molecule has 0 spiro atoms. The van der Waals surface area contributed by atoms with E-state index in [2.05, 4.69) is 0 Å². The highest BCUT2D eigenvalue weighted by Crippen LogP contribution is 2.51. The molecule has 1 atom stereocenters. The predicted molar refractivity (Wildman–Crippen MR) is 56.0 cm³/mol. The van der Waals surface area contributed by atoms with Crippen molar-refractivity contribution in [3.8, 4) is 0 Å². The van der Waals surface area contributed by atoms with E-state index in [9.17, 15) is 8.76 Å². The Balaban J connectivity index is 4.23. The topological polar surface area (TPSA) is 20.3 Å². The van der Waals surface area contributed by atoms with Crippen molar-refractivity contribution >= 4 is 7.60 Å². The van der Waals surface area contributed by atoms with Gasteiger partial charge in [-0.05, 0) is 19.3 Å². The zero-order valence-electron chi connectivity index (χ0n) is 8.92. The molecule has 0 heterocycles. The third-order valence-corrected chi connectivity index (χ3v) is 4.13. The molecule has 0 radical (unpaired) electrons. The first kappa shape index (κ1) is 13.1. The second kappa shape index (κ2) is 6.56. The van der Waals surface area contributed by atoms with Crippen LogP contribution in [0, 0.1) is 0 Å². The van der Waals surface area contributed by atoms with Gasteiger partial charge in [-0.1, -0.05) is 20.8 Å². The van der Waals surface area contributed by atoms with Gasteiger partial charge in [-0.25, -0.2) is 4.67 Å². The van der Waals surface area contributed by atoms with E-state index in [0.717, 1.165) is 12.8 Å². The van der Waals surface area contributed by atoms with Crippen molar-refractivity contribution in [1.82, 2.24) is 4.67 Å². The van der Waals surface area contributed by atoms with Gasteiger partial charge in [-0.3, -0.25) is 4.57 Å². The normalized spacial score (nSPS) is 16.1. The molecule has 13 heavy (non-hydrogen) atoms. The number of rotatable bonds is 7. The number of hydrogen-bond acceptors (Lipinski definition) is 1. The van der Waals surface area contributed by atoms with Crippen molar-refractivity contribution < 1.29 is 8.76 Å². The van der Waals surface area contributed by atoms with Gasteiger partial charge >= 0.3 is 7.60 Å². The van der Waals surface area contributed by atoms with Gasteiger partial charge in [0.2, 0.25) is 0 Å². The lowest BCUT2D eigenvalue weighted by atomic mass is 10.4. The van der Waals surface area contributed by atoms with Gasteiger partial charge < -0.3 is 0 Å².